The molecule has 0 bridgehead atoms. The summed E-state index contributed by atoms with van der Waals surface area (Å²) >= 11 is 0. The van der Waals surface area contributed by atoms with Crippen molar-refractivity contribution in [2.45, 2.75) is 33.7 Å². The summed E-state index contributed by atoms with van der Waals surface area (Å²) in [5, 5.41) is 0. The SMILES string of the molecule is CCC(C)CN(CC)c1cccc(CN)n1. The zero-order valence-corrected chi connectivity index (χ0v) is 10.6. The molecule has 16 heavy (non-hydrogen) atoms. The van der Waals surface area contributed by atoms with Gasteiger partial charge in [-0.25, -0.2) is 4.98 Å². The highest BCUT2D eigenvalue weighted by molar-refractivity contribution is 5.39. The molecule has 1 aromatic rings. The Balaban J connectivity index is 2.77. The van der Waals surface area contributed by atoms with Crippen molar-refractivity contribution in [1.29, 1.82) is 0 Å². The van der Waals surface area contributed by atoms with E-state index < -0.39 is 0 Å². The molecule has 1 unspecified atom stereocenters. The summed E-state index contributed by atoms with van der Waals surface area (Å²) in [6.07, 6.45) is 1.20. The van der Waals surface area contributed by atoms with Crippen LogP contribution in [0.15, 0.2) is 18.2 Å². The normalized spacial score (nSPS) is 12.5. The average Bonchev–Trinajstić information content (AvgIpc) is 2.35. The Hall–Kier alpha value is -1.09. The molecule has 2 N–H and O–H groups in total. The van der Waals surface area contributed by atoms with Crippen molar-refractivity contribution < 1.29 is 0 Å². The quantitative estimate of drug-likeness (QED) is 0.802. The van der Waals surface area contributed by atoms with E-state index in [1.165, 1.54) is 6.42 Å². The van der Waals surface area contributed by atoms with Gasteiger partial charge in [-0.2, -0.15) is 0 Å². The highest BCUT2D eigenvalue weighted by Crippen LogP contribution is 2.14. The third-order valence-corrected chi connectivity index (χ3v) is 2.94. The van der Waals surface area contributed by atoms with Gasteiger partial charge in [0.15, 0.2) is 0 Å². The predicted molar refractivity (Wildman–Crippen MR) is 69.5 cm³/mol. The first-order valence-corrected chi connectivity index (χ1v) is 6.12. The van der Waals surface area contributed by atoms with Gasteiger partial charge in [0.1, 0.15) is 5.82 Å². The Morgan fingerprint density at radius 2 is 2.12 bits per heavy atom. The number of aromatic nitrogens is 1. The van der Waals surface area contributed by atoms with Crippen LogP contribution in [0.1, 0.15) is 32.9 Å². The summed E-state index contributed by atoms with van der Waals surface area (Å²) in [5.41, 5.74) is 6.57. The highest BCUT2D eigenvalue weighted by Gasteiger charge is 2.09. The minimum absolute atomic E-state index is 0.509. The van der Waals surface area contributed by atoms with Gasteiger partial charge in [0.25, 0.3) is 0 Å². The first kappa shape index (κ1) is 13.0. The lowest BCUT2D eigenvalue weighted by molar-refractivity contribution is 0.545. The van der Waals surface area contributed by atoms with Crippen molar-refractivity contribution in [3.8, 4) is 0 Å². The first-order valence-electron chi connectivity index (χ1n) is 6.12. The van der Waals surface area contributed by atoms with Gasteiger partial charge in [0.2, 0.25) is 0 Å². The maximum atomic E-state index is 5.61. The van der Waals surface area contributed by atoms with E-state index in [1.807, 2.05) is 12.1 Å². The molecule has 0 aliphatic rings. The largest absolute Gasteiger partial charge is 0.357 e. The zero-order chi connectivity index (χ0) is 12.0. The number of anilines is 1. The number of rotatable bonds is 6. The number of hydrogen-bond acceptors (Lipinski definition) is 3. The van der Waals surface area contributed by atoms with Crippen LogP contribution in [-0.4, -0.2) is 18.1 Å². The molecule has 0 saturated heterocycles. The van der Waals surface area contributed by atoms with Crippen LogP contribution in [0.5, 0.6) is 0 Å². The molecule has 1 rings (SSSR count). The van der Waals surface area contributed by atoms with E-state index in [1.54, 1.807) is 0 Å². The fraction of sp³-hybridized carbons (Fsp3) is 0.615. The molecule has 0 aromatic carbocycles. The Morgan fingerprint density at radius 3 is 2.69 bits per heavy atom. The standard InChI is InChI=1S/C13H23N3/c1-4-11(3)10-16(5-2)13-8-6-7-12(9-14)15-13/h6-8,11H,4-5,9-10,14H2,1-3H3. The lowest BCUT2D eigenvalue weighted by atomic mass is 10.1. The van der Waals surface area contributed by atoms with Gasteiger partial charge in [-0.3, -0.25) is 0 Å². The minimum Gasteiger partial charge on any atom is -0.357 e. The molecule has 1 aromatic heterocycles. The van der Waals surface area contributed by atoms with Gasteiger partial charge in [-0.1, -0.05) is 26.3 Å². The topological polar surface area (TPSA) is 42.1 Å². The van der Waals surface area contributed by atoms with Crippen LogP contribution in [0, 0.1) is 5.92 Å². The number of hydrogen-bond donors (Lipinski definition) is 1. The van der Waals surface area contributed by atoms with Gasteiger partial charge in [0, 0.05) is 19.6 Å². The Labute approximate surface area is 98.7 Å². The fourth-order valence-electron chi connectivity index (χ4n) is 1.65. The number of pyridine rings is 1. The molecular weight excluding hydrogens is 198 g/mol. The van der Waals surface area contributed by atoms with Crippen LogP contribution in [0.4, 0.5) is 5.82 Å². The minimum atomic E-state index is 0.509. The zero-order valence-electron chi connectivity index (χ0n) is 10.6. The van der Waals surface area contributed by atoms with E-state index >= 15 is 0 Å². The van der Waals surface area contributed by atoms with Crippen molar-refractivity contribution in [2.75, 3.05) is 18.0 Å². The van der Waals surface area contributed by atoms with E-state index in [2.05, 4.69) is 36.7 Å². The predicted octanol–water partition coefficient (Wildman–Crippen LogP) is 2.41. The van der Waals surface area contributed by atoms with Crippen LogP contribution >= 0.6 is 0 Å². The van der Waals surface area contributed by atoms with Gasteiger partial charge in [-0.15, -0.1) is 0 Å². The molecule has 3 heteroatoms. The van der Waals surface area contributed by atoms with E-state index in [0.717, 1.165) is 24.6 Å². The molecule has 1 atom stereocenters. The van der Waals surface area contributed by atoms with Crippen molar-refractivity contribution in [1.82, 2.24) is 4.98 Å². The number of nitrogens with two attached hydrogens (primary N) is 1. The average molecular weight is 221 g/mol. The molecular formula is C13H23N3. The van der Waals surface area contributed by atoms with Crippen LogP contribution in [-0.2, 0) is 6.54 Å². The molecule has 0 saturated carbocycles. The van der Waals surface area contributed by atoms with E-state index in [0.29, 0.717) is 12.5 Å². The van der Waals surface area contributed by atoms with E-state index in [-0.39, 0.29) is 0 Å². The van der Waals surface area contributed by atoms with Crippen LogP contribution in [0.25, 0.3) is 0 Å². The van der Waals surface area contributed by atoms with Crippen LogP contribution in [0.3, 0.4) is 0 Å². The summed E-state index contributed by atoms with van der Waals surface area (Å²) in [4.78, 5) is 6.86. The monoisotopic (exact) mass is 221 g/mol. The maximum absolute atomic E-state index is 5.61. The highest BCUT2D eigenvalue weighted by atomic mass is 15.2. The van der Waals surface area contributed by atoms with Crippen LogP contribution in [0.2, 0.25) is 0 Å². The smallest absolute Gasteiger partial charge is 0.128 e. The third-order valence-electron chi connectivity index (χ3n) is 2.94. The van der Waals surface area contributed by atoms with Gasteiger partial charge >= 0.3 is 0 Å². The van der Waals surface area contributed by atoms with Gasteiger partial charge < -0.3 is 10.6 Å². The molecule has 1 heterocycles. The second kappa shape index (κ2) is 6.48. The number of nitrogens with zero attached hydrogens (tertiary/aromatic N) is 2. The first-order chi connectivity index (χ1) is 7.71. The van der Waals surface area contributed by atoms with Gasteiger partial charge in [-0.05, 0) is 25.0 Å². The third kappa shape index (κ3) is 3.49. The lowest BCUT2D eigenvalue weighted by Gasteiger charge is -2.25. The van der Waals surface area contributed by atoms with Crippen molar-refractivity contribution in [2.24, 2.45) is 11.7 Å². The summed E-state index contributed by atoms with van der Waals surface area (Å²) in [7, 11) is 0. The molecule has 3 nitrogen and oxygen atoms in total. The fourth-order valence-corrected chi connectivity index (χ4v) is 1.65. The lowest BCUT2D eigenvalue weighted by Crippen LogP contribution is -2.29. The molecule has 0 spiro atoms. The maximum Gasteiger partial charge on any atom is 0.128 e. The summed E-state index contributed by atoms with van der Waals surface area (Å²) in [5.74, 6) is 1.74. The van der Waals surface area contributed by atoms with Crippen molar-refractivity contribution in [3.05, 3.63) is 23.9 Å². The molecule has 90 valence electrons. The summed E-state index contributed by atoms with van der Waals surface area (Å²) in [6.45, 7) is 9.23. The molecule has 0 radical (unpaired) electrons. The van der Waals surface area contributed by atoms with Crippen LogP contribution < -0.4 is 10.6 Å². The van der Waals surface area contributed by atoms with Crippen molar-refractivity contribution in [3.63, 3.8) is 0 Å². The Kier molecular flexibility index (Phi) is 5.26. The van der Waals surface area contributed by atoms with Crippen molar-refractivity contribution >= 4 is 5.82 Å². The second-order valence-electron chi connectivity index (χ2n) is 4.24. The Morgan fingerprint density at radius 1 is 1.38 bits per heavy atom. The molecule has 0 aliphatic heterocycles. The van der Waals surface area contributed by atoms with E-state index in [9.17, 15) is 0 Å². The van der Waals surface area contributed by atoms with Gasteiger partial charge in [0.05, 0.1) is 5.69 Å². The summed E-state index contributed by atoms with van der Waals surface area (Å²) in [6, 6.07) is 6.06. The second-order valence-corrected chi connectivity index (χ2v) is 4.24. The summed E-state index contributed by atoms with van der Waals surface area (Å²) < 4.78 is 0. The molecule has 0 fully saturated rings. The Bertz CT molecular complexity index is 312. The molecule has 0 amide bonds. The molecule has 0 aliphatic carbocycles. The van der Waals surface area contributed by atoms with E-state index in [4.69, 9.17) is 5.73 Å².